The third-order valence-electron chi connectivity index (χ3n) is 1.63. The topological polar surface area (TPSA) is 3.24 Å². The molecule has 1 aliphatic rings. The molecule has 1 heterocycles. The normalized spacial score (nSPS) is 21.5. The second-order valence-corrected chi connectivity index (χ2v) is 2.99. The van der Waals surface area contributed by atoms with Gasteiger partial charge in [0.05, 0.1) is 0 Å². The standard InChI is InChI=1S/C7H13N.C2H6.Y/c1-7(2)4-5-8(3)6-7;1-2;/h1-2,4-6H2,3H3;1-2H3;/q-2;;. The maximum Gasteiger partial charge on any atom is 0 e. The van der Waals surface area contributed by atoms with Crippen molar-refractivity contribution in [1.82, 2.24) is 4.90 Å². The molecule has 0 aromatic rings. The van der Waals surface area contributed by atoms with E-state index in [0.717, 1.165) is 19.5 Å². The first kappa shape index (κ1) is 14.6. The van der Waals surface area contributed by atoms with Crippen LogP contribution in [0.25, 0.3) is 0 Å². The zero-order valence-electron chi connectivity index (χ0n) is 8.06. The van der Waals surface area contributed by atoms with Gasteiger partial charge in [-0.05, 0) is 13.6 Å². The molecule has 1 nitrogen and oxygen atoms in total. The smallest absolute Gasteiger partial charge is 0 e. The van der Waals surface area contributed by atoms with E-state index < -0.39 is 0 Å². The van der Waals surface area contributed by atoms with Crippen LogP contribution in [0.5, 0.6) is 0 Å². The van der Waals surface area contributed by atoms with Gasteiger partial charge in [0, 0.05) is 32.7 Å². The molecule has 0 aromatic carbocycles. The molecule has 1 aliphatic heterocycles. The molecule has 0 spiro atoms. The Morgan fingerprint density at radius 3 is 1.82 bits per heavy atom. The third kappa shape index (κ3) is 6.25. The molecule has 1 rings (SSSR count). The Bertz CT molecular complexity index is 91.6. The minimum Gasteiger partial charge on any atom is -0.365 e. The summed E-state index contributed by atoms with van der Waals surface area (Å²) in [6, 6.07) is 0. The summed E-state index contributed by atoms with van der Waals surface area (Å²) in [4.78, 5) is 2.26. The summed E-state index contributed by atoms with van der Waals surface area (Å²) in [5, 5.41) is 0. The average Bonchev–Trinajstić information content (AvgIpc) is 2.15. The first-order valence-electron chi connectivity index (χ1n) is 3.99. The number of nitrogens with zero attached hydrogens (tertiary/aromatic N) is 1. The predicted octanol–water partition coefficient (Wildman–Crippen LogP) is 2.00. The van der Waals surface area contributed by atoms with Gasteiger partial charge < -0.3 is 18.7 Å². The van der Waals surface area contributed by atoms with Crippen molar-refractivity contribution < 1.29 is 32.7 Å². The number of rotatable bonds is 0. The Kier molecular flexibility index (Phi) is 8.70. The first-order chi connectivity index (χ1) is 4.60. The molecule has 0 atom stereocenters. The number of hydrogen-bond donors (Lipinski definition) is 0. The van der Waals surface area contributed by atoms with Gasteiger partial charge in [0.15, 0.2) is 0 Å². The van der Waals surface area contributed by atoms with Crippen LogP contribution in [0.1, 0.15) is 20.3 Å². The molecule has 0 saturated carbocycles. The van der Waals surface area contributed by atoms with E-state index in [1.165, 1.54) is 0 Å². The van der Waals surface area contributed by atoms with Crippen molar-refractivity contribution >= 4 is 0 Å². The van der Waals surface area contributed by atoms with Crippen molar-refractivity contribution in [2.75, 3.05) is 20.1 Å². The molecular weight excluding hydrogens is 211 g/mol. The van der Waals surface area contributed by atoms with Crippen molar-refractivity contribution in [2.24, 2.45) is 5.41 Å². The van der Waals surface area contributed by atoms with Crippen LogP contribution in [0.2, 0.25) is 0 Å². The van der Waals surface area contributed by atoms with Crippen molar-refractivity contribution in [3.63, 3.8) is 0 Å². The molecule has 0 aromatic heterocycles. The quantitative estimate of drug-likeness (QED) is 0.575. The molecular formula is C9H19NY-2. The fourth-order valence-electron chi connectivity index (χ4n) is 1.16. The summed E-state index contributed by atoms with van der Waals surface area (Å²) in [5.41, 5.74) is 0.0920. The zero-order valence-corrected chi connectivity index (χ0v) is 10.9. The molecule has 11 heavy (non-hydrogen) atoms. The molecule has 1 fully saturated rings. The van der Waals surface area contributed by atoms with Gasteiger partial charge in [-0.15, -0.1) is 0 Å². The first-order valence-corrected chi connectivity index (χ1v) is 3.99. The Morgan fingerprint density at radius 2 is 1.73 bits per heavy atom. The molecule has 65 valence electrons. The van der Waals surface area contributed by atoms with Crippen LogP contribution in [-0.2, 0) is 32.7 Å². The summed E-state index contributed by atoms with van der Waals surface area (Å²) in [6.45, 7) is 14.1. The van der Waals surface area contributed by atoms with E-state index in [-0.39, 0.29) is 38.1 Å². The van der Waals surface area contributed by atoms with Crippen molar-refractivity contribution in [3.05, 3.63) is 13.8 Å². The van der Waals surface area contributed by atoms with Crippen LogP contribution in [0, 0.1) is 19.3 Å². The third-order valence-corrected chi connectivity index (χ3v) is 1.63. The van der Waals surface area contributed by atoms with Gasteiger partial charge in [-0.25, -0.2) is 0 Å². The zero-order chi connectivity index (χ0) is 8.20. The van der Waals surface area contributed by atoms with Gasteiger partial charge in [-0.3, -0.25) is 5.41 Å². The van der Waals surface area contributed by atoms with Gasteiger partial charge in [0.25, 0.3) is 0 Å². The molecule has 1 radical (unpaired) electrons. The number of hydrogen-bond acceptors (Lipinski definition) is 1. The van der Waals surface area contributed by atoms with Crippen molar-refractivity contribution in [3.8, 4) is 0 Å². The predicted molar refractivity (Wildman–Crippen MR) is 46.6 cm³/mol. The minimum absolute atomic E-state index is 0. The second kappa shape index (κ2) is 6.57. The van der Waals surface area contributed by atoms with Crippen molar-refractivity contribution in [1.29, 1.82) is 0 Å². The van der Waals surface area contributed by atoms with Gasteiger partial charge >= 0.3 is 0 Å². The van der Waals surface area contributed by atoms with Crippen LogP contribution in [0.4, 0.5) is 0 Å². The Labute approximate surface area is 96.8 Å². The van der Waals surface area contributed by atoms with Crippen LogP contribution >= 0.6 is 0 Å². The fraction of sp³-hybridized carbons (Fsp3) is 0.778. The van der Waals surface area contributed by atoms with E-state index in [1.54, 1.807) is 0 Å². The summed E-state index contributed by atoms with van der Waals surface area (Å²) in [5.74, 6) is 0. The van der Waals surface area contributed by atoms with E-state index in [1.807, 2.05) is 13.8 Å². The second-order valence-electron chi connectivity index (χ2n) is 2.99. The molecule has 1 saturated heterocycles. The fourth-order valence-corrected chi connectivity index (χ4v) is 1.16. The largest absolute Gasteiger partial charge is 0.365 e. The summed E-state index contributed by atoms with van der Waals surface area (Å²) >= 11 is 0. The Morgan fingerprint density at radius 1 is 1.27 bits per heavy atom. The molecule has 0 bridgehead atoms. The van der Waals surface area contributed by atoms with Crippen LogP contribution < -0.4 is 0 Å². The van der Waals surface area contributed by atoms with Gasteiger partial charge in [-0.2, -0.15) is 0 Å². The van der Waals surface area contributed by atoms with Crippen molar-refractivity contribution in [2.45, 2.75) is 20.3 Å². The monoisotopic (exact) mass is 230 g/mol. The Balaban J connectivity index is 0. The maximum absolute atomic E-state index is 3.97. The maximum atomic E-state index is 3.97. The Hall–Kier alpha value is 1.06. The van der Waals surface area contributed by atoms with Gasteiger partial charge in [0.1, 0.15) is 0 Å². The summed E-state index contributed by atoms with van der Waals surface area (Å²) in [7, 11) is 2.11. The van der Waals surface area contributed by atoms with Gasteiger partial charge in [0.2, 0.25) is 0 Å². The molecule has 0 aliphatic carbocycles. The van der Waals surface area contributed by atoms with Crippen LogP contribution in [0.3, 0.4) is 0 Å². The van der Waals surface area contributed by atoms with Crippen LogP contribution in [0.15, 0.2) is 0 Å². The van der Waals surface area contributed by atoms with Gasteiger partial charge in [-0.1, -0.05) is 26.8 Å². The van der Waals surface area contributed by atoms with E-state index in [0.29, 0.717) is 0 Å². The minimum atomic E-state index is 0. The molecule has 0 unspecified atom stereocenters. The summed E-state index contributed by atoms with van der Waals surface area (Å²) in [6.07, 6.45) is 1.14. The van der Waals surface area contributed by atoms with Crippen LogP contribution in [-0.4, -0.2) is 25.0 Å². The van der Waals surface area contributed by atoms with E-state index >= 15 is 0 Å². The van der Waals surface area contributed by atoms with E-state index in [2.05, 4.69) is 25.8 Å². The molecule has 0 amide bonds. The van der Waals surface area contributed by atoms with E-state index in [4.69, 9.17) is 0 Å². The average molecular weight is 230 g/mol. The number of likely N-dealkylation sites (tertiary alicyclic amines) is 1. The molecule has 2 heteroatoms. The summed E-state index contributed by atoms with van der Waals surface area (Å²) < 4.78 is 0. The van der Waals surface area contributed by atoms with E-state index in [9.17, 15) is 0 Å². The SMILES string of the molecule is CC.[CH2-]C1([CH2-])CCN(C)C1.[Y]. The molecule has 0 N–H and O–H groups in total.